The Morgan fingerprint density at radius 2 is 1.84 bits per heavy atom. The molecule has 2 aromatic carbocycles. The van der Waals surface area contributed by atoms with Crippen LogP contribution < -0.4 is 9.80 Å². The summed E-state index contributed by atoms with van der Waals surface area (Å²) in [5, 5.41) is 9.79. The number of nitrogens with zero attached hydrogens (tertiary/aromatic N) is 3. The molecule has 1 spiro atoms. The smallest absolute Gasteiger partial charge is 0.305 e. The van der Waals surface area contributed by atoms with Crippen molar-refractivity contribution in [2.24, 2.45) is 5.92 Å². The lowest BCUT2D eigenvalue weighted by atomic mass is 9.82. The molecule has 0 saturated carbocycles. The molecule has 1 unspecified atom stereocenters. The van der Waals surface area contributed by atoms with Crippen molar-refractivity contribution in [3.8, 4) is 0 Å². The number of aliphatic hydroxyl groups is 1. The number of carbonyl (C=O) groups is 5. The molecule has 0 radical (unpaired) electrons. The van der Waals surface area contributed by atoms with Crippen molar-refractivity contribution in [2.75, 3.05) is 36.6 Å². The molecule has 1 N–H and O–H groups in total. The molecule has 2 saturated heterocycles. The van der Waals surface area contributed by atoms with Gasteiger partial charge in [-0.15, -0.1) is 0 Å². The van der Waals surface area contributed by atoms with Crippen molar-refractivity contribution in [1.82, 2.24) is 4.90 Å². The molecule has 0 aromatic heterocycles. The highest BCUT2D eigenvalue weighted by Crippen LogP contribution is 2.60. The maximum atomic E-state index is 16.5. The predicted molar refractivity (Wildman–Crippen MR) is 184 cm³/mol. The average molecular weight is 712 g/mol. The standard InChI is InChI=1S/C36H46FN3O9Si/c1-23-34(50(4,5)37)29(20-30(43)38(17-18-41)22-25-11-7-6-8-12-25)49-36(23)27-19-26(40-31(44)21-32(40)48-24(2)42)14-15-28(27)39(35(36)46)16-10-9-13-33(45)47-3/h6-8,11-12,14-15,19,23,29,32,34,41H,9-10,13,16-18,20-22H2,1-5H3/t23-,29+,32?,34-,36+/m1/s1. The Labute approximate surface area is 292 Å². The zero-order valence-corrected chi connectivity index (χ0v) is 30.2. The van der Waals surface area contributed by atoms with E-state index in [1.807, 2.05) is 30.3 Å². The van der Waals surface area contributed by atoms with Gasteiger partial charge >= 0.3 is 11.9 Å². The zero-order valence-electron chi connectivity index (χ0n) is 29.2. The minimum atomic E-state index is -3.62. The van der Waals surface area contributed by atoms with Crippen LogP contribution in [0.3, 0.4) is 0 Å². The summed E-state index contributed by atoms with van der Waals surface area (Å²) in [6.07, 6.45) is -0.841. The molecule has 270 valence electrons. The van der Waals surface area contributed by atoms with E-state index in [1.54, 1.807) is 43.1 Å². The number of carbonyl (C=O) groups excluding carboxylic acids is 5. The summed E-state index contributed by atoms with van der Waals surface area (Å²) in [7, 11) is -2.30. The summed E-state index contributed by atoms with van der Waals surface area (Å²) in [5.41, 5.74) is -0.214. The van der Waals surface area contributed by atoms with E-state index in [0.717, 1.165) is 5.56 Å². The van der Waals surface area contributed by atoms with Gasteiger partial charge in [0.2, 0.25) is 20.2 Å². The summed E-state index contributed by atoms with van der Waals surface area (Å²) in [4.78, 5) is 69.3. The van der Waals surface area contributed by atoms with Gasteiger partial charge in [0.1, 0.15) is 0 Å². The summed E-state index contributed by atoms with van der Waals surface area (Å²) in [6.45, 7) is 6.43. The van der Waals surface area contributed by atoms with Crippen molar-refractivity contribution in [3.05, 3.63) is 59.7 Å². The van der Waals surface area contributed by atoms with E-state index in [2.05, 4.69) is 0 Å². The summed E-state index contributed by atoms with van der Waals surface area (Å²) >= 11 is 0. The molecule has 3 aliphatic heterocycles. The molecule has 14 heteroatoms. The number of hydrogen-bond donors (Lipinski definition) is 1. The Hall–Kier alpha value is -4.14. The fraction of sp³-hybridized carbons (Fsp3) is 0.528. The number of ether oxygens (including phenoxy) is 3. The maximum Gasteiger partial charge on any atom is 0.305 e. The Balaban J connectivity index is 1.52. The van der Waals surface area contributed by atoms with Gasteiger partial charge in [0, 0.05) is 55.7 Å². The van der Waals surface area contributed by atoms with Crippen molar-refractivity contribution in [3.63, 3.8) is 0 Å². The summed E-state index contributed by atoms with van der Waals surface area (Å²) < 4.78 is 33.3. The molecular weight excluding hydrogens is 665 g/mol. The lowest BCUT2D eigenvalue weighted by Crippen LogP contribution is -2.55. The lowest BCUT2D eigenvalue weighted by Gasteiger charge is -2.39. The van der Waals surface area contributed by atoms with Crippen molar-refractivity contribution < 1.29 is 47.4 Å². The van der Waals surface area contributed by atoms with Gasteiger partial charge in [-0.2, -0.15) is 0 Å². The second kappa shape index (κ2) is 15.0. The summed E-state index contributed by atoms with van der Waals surface area (Å²) in [6, 6.07) is 14.4. The molecule has 5 rings (SSSR count). The third-order valence-corrected chi connectivity index (χ3v) is 12.4. The van der Waals surface area contributed by atoms with Crippen LogP contribution in [-0.4, -0.2) is 87.2 Å². The topological polar surface area (TPSA) is 143 Å². The first-order chi connectivity index (χ1) is 23.7. The van der Waals surface area contributed by atoms with E-state index in [-0.39, 0.29) is 63.3 Å². The zero-order chi connectivity index (χ0) is 36.4. The molecule has 12 nitrogen and oxygen atoms in total. The number of rotatable bonds is 14. The SMILES string of the molecule is COC(=O)CCCCN1C(=O)[C@@]2(O[C@@H](CC(=O)N(CCO)Cc3ccccc3)[C@H]([Si](C)(C)F)[C@H]2C)c2cc(N3C(=O)CC3OC(C)=O)ccc21. The van der Waals surface area contributed by atoms with Crippen molar-refractivity contribution >= 4 is 49.4 Å². The van der Waals surface area contributed by atoms with Gasteiger partial charge in [-0.3, -0.25) is 28.9 Å². The van der Waals surface area contributed by atoms with E-state index in [1.165, 1.54) is 23.8 Å². The number of methoxy groups -OCH3 is 1. The van der Waals surface area contributed by atoms with E-state index in [4.69, 9.17) is 14.2 Å². The fourth-order valence-electron chi connectivity index (χ4n) is 7.75. The second-order valence-corrected chi connectivity index (χ2v) is 17.5. The number of β-lactam (4-membered cyclic amide) rings is 1. The average Bonchev–Trinajstić information content (AvgIpc) is 3.48. The lowest BCUT2D eigenvalue weighted by molar-refractivity contribution is -0.154. The van der Waals surface area contributed by atoms with Crippen LogP contribution in [0.5, 0.6) is 0 Å². The molecule has 3 heterocycles. The van der Waals surface area contributed by atoms with Gasteiger partial charge in [-0.1, -0.05) is 37.3 Å². The number of amides is 3. The number of halogens is 1. The molecular formula is C36H46FN3O9Si. The van der Waals surface area contributed by atoms with Crippen molar-refractivity contribution in [1.29, 1.82) is 0 Å². The van der Waals surface area contributed by atoms with E-state index in [9.17, 15) is 29.1 Å². The maximum absolute atomic E-state index is 16.5. The Morgan fingerprint density at radius 3 is 2.46 bits per heavy atom. The van der Waals surface area contributed by atoms with Gasteiger partial charge in [-0.25, -0.2) is 0 Å². The Morgan fingerprint density at radius 1 is 1.12 bits per heavy atom. The number of unbranched alkanes of at least 4 members (excludes halogenated alkanes) is 1. The molecule has 0 aliphatic carbocycles. The number of fused-ring (bicyclic) bond motifs is 2. The second-order valence-electron chi connectivity index (χ2n) is 13.7. The Kier molecular flexibility index (Phi) is 11.1. The highest BCUT2D eigenvalue weighted by Gasteiger charge is 2.67. The van der Waals surface area contributed by atoms with Gasteiger partial charge in [-0.05, 0) is 49.7 Å². The van der Waals surface area contributed by atoms with Crippen LogP contribution in [0.2, 0.25) is 18.6 Å². The highest BCUT2D eigenvalue weighted by molar-refractivity contribution is 6.72. The molecule has 5 atom stereocenters. The number of anilines is 2. The van der Waals surface area contributed by atoms with Gasteiger partial charge in [0.25, 0.3) is 5.91 Å². The van der Waals surface area contributed by atoms with Crippen LogP contribution in [0, 0.1) is 5.92 Å². The van der Waals surface area contributed by atoms with E-state index < -0.39 is 49.7 Å². The Bertz CT molecular complexity index is 1620. The molecule has 2 fully saturated rings. The third-order valence-electron chi connectivity index (χ3n) is 9.99. The molecule has 0 bridgehead atoms. The molecule has 50 heavy (non-hydrogen) atoms. The fourth-order valence-corrected chi connectivity index (χ4v) is 10.2. The molecule has 2 aromatic rings. The molecule has 3 aliphatic rings. The van der Waals surface area contributed by atoms with Crippen LogP contribution >= 0.6 is 0 Å². The minimum absolute atomic E-state index is 0.0151. The number of hydrogen-bond acceptors (Lipinski definition) is 9. The first-order valence-corrected chi connectivity index (χ1v) is 20.0. The van der Waals surface area contributed by atoms with Crippen LogP contribution in [0.1, 0.15) is 57.1 Å². The number of aliphatic hydroxyl groups excluding tert-OH is 1. The van der Waals surface area contributed by atoms with Crippen LogP contribution in [0.15, 0.2) is 48.5 Å². The van der Waals surface area contributed by atoms with Crippen LogP contribution in [0.4, 0.5) is 15.5 Å². The summed E-state index contributed by atoms with van der Waals surface area (Å²) in [5.74, 6) is -2.62. The first kappa shape index (κ1) is 37.1. The normalized spacial score (nSPS) is 24.3. The van der Waals surface area contributed by atoms with Crippen molar-refractivity contribution in [2.45, 2.75) is 89.1 Å². The highest BCUT2D eigenvalue weighted by atomic mass is 28.4. The van der Waals surface area contributed by atoms with E-state index >= 15 is 4.11 Å². The monoisotopic (exact) mass is 711 g/mol. The quantitative estimate of drug-likeness (QED) is 0.100. The predicted octanol–water partition coefficient (Wildman–Crippen LogP) is 4.19. The van der Waals surface area contributed by atoms with Gasteiger partial charge in [0.05, 0.1) is 38.3 Å². The first-order valence-electron chi connectivity index (χ1n) is 17.0. The molecule has 3 amide bonds. The largest absolute Gasteiger partial charge is 0.469 e. The third kappa shape index (κ3) is 7.19. The number of esters is 2. The van der Waals surface area contributed by atoms with E-state index in [0.29, 0.717) is 29.8 Å². The van der Waals surface area contributed by atoms with Gasteiger partial charge < -0.3 is 33.2 Å². The number of benzene rings is 2. The minimum Gasteiger partial charge on any atom is -0.469 e. The van der Waals surface area contributed by atoms with Gasteiger partial charge in [0.15, 0.2) is 11.8 Å². The van der Waals surface area contributed by atoms with Crippen LogP contribution in [0.25, 0.3) is 0 Å². The van der Waals surface area contributed by atoms with Crippen LogP contribution in [-0.2, 0) is 50.3 Å².